The van der Waals surface area contributed by atoms with Crippen molar-refractivity contribution in [1.29, 1.82) is 0 Å². The molecule has 0 radical (unpaired) electrons. The second kappa shape index (κ2) is 7.99. The highest BCUT2D eigenvalue weighted by Crippen LogP contribution is 2.39. The molecule has 1 atom stereocenters. The number of carbonyl (C=O) groups excluding carboxylic acids is 2. The van der Waals surface area contributed by atoms with Crippen molar-refractivity contribution in [3.63, 3.8) is 0 Å². The Morgan fingerprint density at radius 3 is 2.37 bits per heavy atom. The van der Waals surface area contributed by atoms with E-state index in [1.54, 1.807) is 4.90 Å². The van der Waals surface area contributed by atoms with Crippen LogP contribution in [0.3, 0.4) is 0 Å². The summed E-state index contributed by atoms with van der Waals surface area (Å²) < 4.78 is 14.1. The fourth-order valence-corrected chi connectivity index (χ4v) is 3.77. The van der Waals surface area contributed by atoms with Crippen LogP contribution in [-0.2, 0) is 11.3 Å². The summed E-state index contributed by atoms with van der Waals surface area (Å²) in [6.45, 7) is 2.13. The minimum absolute atomic E-state index is 0.0461. The van der Waals surface area contributed by atoms with E-state index in [0.717, 1.165) is 5.56 Å². The minimum Gasteiger partial charge on any atom is -0.508 e. The lowest BCUT2D eigenvalue weighted by molar-refractivity contribution is -0.120. The Hall–Kier alpha value is -3.67. The maximum atomic E-state index is 14.1. The quantitative estimate of drug-likeness (QED) is 0.696. The van der Waals surface area contributed by atoms with Crippen molar-refractivity contribution in [2.45, 2.75) is 25.9 Å². The van der Waals surface area contributed by atoms with E-state index in [1.807, 2.05) is 37.3 Å². The van der Waals surface area contributed by atoms with E-state index in [-0.39, 0.29) is 24.1 Å². The lowest BCUT2D eigenvalue weighted by atomic mass is 10.0. The molecule has 4 rings (SSSR count). The molecule has 3 aromatic carbocycles. The zero-order valence-corrected chi connectivity index (χ0v) is 16.5. The van der Waals surface area contributed by atoms with Crippen LogP contribution in [0.1, 0.15) is 29.3 Å². The third kappa shape index (κ3) is 3.52. The zero-order chi connectivity index (χ0) is 21.3. The lowest BCUT2D eigenvalue weighted by Gasteiger charge is -2.41. The standard InChI is InChI=1S/C24H21FN2O3/c1-2-20-24(30)26(15-16-6-4-3-5-7-16)22-14-18(25)10-13-21(22)27(20)23(29)17-8-11-19(28)12-9-17/h3-14,20,28H,2,15H2,1H3/t20-/m1/s1. The highest BCUT2D eigenvalue weighted by molar-refractivity contribution is 6.17. The van der Waals surface area contributed by atoms with Gasteiger partial charge in [0.1, 0.15) is 17.6 Å². The van der Waals surface area contributed by atoms with Gasteiger partial charge < -0.3 is 10.0 Å². The number of hydrogen-bond acceptors (Lipinski definition) is 3. The van der Waals surface area contributed by atoms with Crippen LogP contribution >= 0.6 is 0 Å². The fourth-order valence-electron chi connectivity index (χ4n) is 3.77. The molecule has 0 unspecified atom stereocenters. The number of phenols is 1. The van der Waals surface area contributed by atoms with Crippen LogP contribution in [0.4, 0.5) is 15.8 Å². The zero-order valence-electron chi connectivity index (χ0n) is 16.5. The lowest BCUT2D eigenvalue weighted by Crippen LogP contribution is -2.55. The Bertz CT molecular complexity index is 1080. The molecule has 0 spiro atoms. The van der Waals surface area contributed by atoms with Crippen LogP contribution in [0.5, 0.6) is 5.75 Å². The van der Waals surface area contributed by atoms with Gasteiger partial charge in [-0.3, -0.25) is 14.5 Å². The summed E-state index contributed by atoms with van der Waals surface area (Å²) in [5.74, 6) is -1.06. The molecule has 1 heterocycles. The Morgan fingerprint density at radius 2 is 1.70 bits per heavy atom. The molecule has 0 saturated carbocycles. The van der Waals surface area contributed by atoms with Crippen molar-refractivity contribution >= 4 is 23.2 Å². The van der Waals surface area contributed by atoms with Crippen molar-refractivity contribution in [2.75, 3.05) is 9.80 Å². The third-order valence-electron chi connectivity index (χ3n) is 5.25. The van der Waals surface area contributed by atoms with Gasteiger partial charge in [-0.25, -0.2) is 4.39 Å². The Kier molecular flexibility index (Phi) is 5.23. The molecule has 30 heavy (non-hydrogen) atoms. The van der Waals surface area contributed by atoms with E-state index in [2.05, 4.69) is 0 Å². The molecule has 0 bridgehead atoms. The topological polar surface area (TPSA) is 60.9 Å². The molecule has 2 amide bonds. The predicted molar refractivity (Wildman–Crippen MR) is 113 cm³/mol. The number of aromatic hydroxyl groups is 1. The van der Waals surface area contributed by atoms with Crippen LogP contribution in [-0.4, -0.2) is 23.0 Å². The summed E-state index contributed by atoms with van der Waals surface area (Å²) in [6, 6.07) is 18.7. The first-order valence-electron chi connectivity index (χ1n) is 9.77. The largest absolute Gasteiger partial charge is 0.508 e. The summed E-state index contributed by atoms with van der Waals surface area (Å²) in [5, 5.41) is 9.52. The van der Waals surface area contributed by atoms with Gasteiger partial charge in [0, 0.05) is 5.56 Å². The van der Waals surface area contributed by atoms with Crippen molar-refractivity contribution in [1.82, 2.24) is 0 Å². The van der Waals surface area contributed by atoms with Crippen LogP contribution < -0.4 is 9.80 Å². The first-order valence-corrected chi connectivity index (χ1v) is 9.77. The average molecular weight is 404 g/mol. The van der Waals surface area contributed by atoms with E-state index >= 15 is 0 Å². The minimum atomic E-state index is -0.715. The van der Waals surface area contributed by atoms with E-state index in [0.29, 0.717) is 23.4 Å². The van der Waals surface area contributed by atoms with Gasteiger partial charge >= 0.3 is 0 Å². The molecule has 3 aromatic rings. The molecular weight excluding hydrogens is 383 g/mol. The molecule has 0 aromatic heterocycles. The number of fused-ring (bicyclic) bond motifs is 1. The maximum absolute atomic E-state index is 14.1. The molecule has 0 fully saturated rings. The maximum Gasteiger partial charge on any atom is 0.259 e. The SMILES string of the molecule is CC[C@@H]1C(=O)N(Cc2ccccc2)c2cc(F)ccc2N1C(=O)c1ccc(O)cc1. The van der Waals surface area contributed by atoms with Gasteiger partial charge in [0.25, 0.3) is 11.8 Å². The van der Waals surface area contributed by atoms with E-state index in [4.69, 9.17) is 0 Å². The monoisotopic (exact) mass is 404 g/mol. The second-order valence-corrected chi connectivity index (χ2v) is 7.19. The molecule has 1 aliphatic heterocycles. The van der Waals surface area contributed by atoms with E-state index in [9.17, 15) is 19.1 Å². The normalized spacial score (nSPS) is 15.8. The number of carbonyl (C=O) groups is 2. The number of anilines is 2. The molecule has 152 valence electrons. The molecular formula is C24H21FN2O3. The van der Waals surface area contributed by atoms with Gasteiger partial charge in [0.15, 0.2) is 0 Å². The van der Waals surface area contributed by atoms with Gasteiger partial charge in [0.2, 0.25) is 0 Å². The fraction of sp³-hybridized carbons (Fsp3) is 0.167. The third-order valence-corrected chi connectivity index (χ3v) is 5.25. The van der Waals surface area contributed by atoms with Gasteiger partial charge in [-0.2, -0.15) is 0 Å². The molecule has 0 aliphatic carbocycles. The van der Waals surface area contributed by atoms with Gasteiger partial charge in [-0.15, -0.1) is 0 Å². The summed E-state index contributed by atoms with van der Waals surface area (Å²) in [7, 11) is 0. The average Bonchev–Trinajstić information content (AvgIpc) is 2.76. The number of amides is 2. The first kappa shape index (κ1) is 19.6. The van der Waals surface area contributed by atoms with Crippen LogP contribution in [0.2, 0.25) is 0 Å². The molecule has 1 aliphatic rings. The van der Waals surface area contributed by atoms with Gasteiger partial charge in [0.05, 0.1) is 17.9 Å². The van der Waals surface area contributed by atoms with E-state index in [1.165, 1.54) is 47.4 Å². The second-order valence-electron chi connectivity index (χ2n) is 7.19. The Morgan fingerprint density at radius 1 is 1.00 bits per heavy atom. The number of hydrogen-bond donors (Lipinski definition) is 1. The van der Waals surface area contributed by atoms with E-state index < -0.39 is 11.9 Å². The predicted octanol–water partition coefficient (Wildman–Crippen LogP) is 4.50. The van der Waals surface area contributed by atoms with Gasteiger partial charge in [-0.05, 0) is 54.4 Å². The number of phenolic OH excluding ortho intramolecular Hbond substituents is 1. The van der Waals surface area contributed by atoms with Crippen molar-refractivity contribution < 1.29 is 19.1 Å². The summed E-state index contributed by atoms with van der Waals surface area (Å²) in [6.07, 6.45) is 0.408. The number of rotatable bonds is 4. The Labute approximate surface area is 174 Å². The first-order chi connectivity index (χ1) is 14.5. The summed E-state index contributed by atoms with van der Waals surface area (Å²) in [5.41, 5.74) is 2.09. The Balaban J connectivity index is 1.81. The summed E-state index contributed by atoms with van der Waals surface area (Å²) in [4.78, 5) is 29.7. The molecule has 0 saturated heterocycles. The van der Waals surface area contributed by atoms with Gasteiger partial charge in [-0.1, -0.05) is 37.3 Å². The van der Waals surface area contributed by atoms with Crippen LogP contribution in [0.25, 0.3) is 0 Å². The number of halogens is 1. The molecule has 1 N–H and O–H groups in total. The molecule has 5 nitrogen and oxygen atoms in total. The highest BCUT2D eigenvalue weighted by Gasteiger charge is 2.40. The van der Waals surface area contributed by atoms with Crippen LogP contribution in [0, 0.1) is 5.82 Å². The van der Waals surface area contributed by atoms with Crippen molar-refractivity contribution in [3.05, 3.63) is 89.7 Å². The number of nitrogens with zero attached hydrogens (tertiary/aromatic N) is 2. The molecule has 6 heteroatoms. The van der Waals surface area contributed by atoms with Crippen molar-refractivity contribution in [3.8, 4) is 5.75 Å². The smallest absolute Gasteiger partial charge is 0.259 e. The van der Waals surface area contributed by atoms with Crippen molar-refractivity contribution in [2.24, 2.45) is 0 Å². The number of benzene rings is 3. The van der Waals surface area contributed by atoms with Crippen LogP contribution in [0.15, 0.2) is 72.8 Å². The summed E-state index contributed by atoms with van der Waals surface area (Å²) >= 11 is 0. The highest BCUT2D eigenvalue weighted by atomic mass is 19.1.